The number of Topliss-reactive ketones (excluding diaryl/α,β-unsaturated/α-hetero) is 1. The van der Waals surface area contributed by atoms with Crippen molar-refractivity contribution in [2.75, 3.05) is 13.2 Å². The lowest BCUT2D eigenvalue weighted by molar-refractivity contribution is -0.141. The maximum atomic E-state index is 12.9. The summed E-state index contributed by atoms with van der Waals surface area (Å²) in [5.41, 5.74) is -0.487. The van der Waals surface area contributed by atoms with Gasteiger partial charge in [0.15, 0.2) is 5.78 Å². The average Bonchev–Trinajstić information content (AvgIpc) is 2.74. The zero-order valence-electron chi connectivity index (χ0n) is 17.0. The van der Waals surface area contributed by atoms with Crippen LogP contribution < -0.4 is 4.74 Å². The largest absolute Gasteiger partial charge is 0.491 e. The van der Waals surface area contributed by atoms with Crippen LogP contribution in [0.2, 0.25) is 0 Å². The Balaban J connectivity index is 1.88. The molecule has 3 rings (SSSR count). The number of hydrogen-bond donors (Lipinski definition) is 0. The van der Waals surface area contributed by atoms with E-state index in [9.17, 15) is 22.8 Å². The molecule has 0 bridgehead atoms. The van der Waals surface area contributed by atoms with Gasteiger partial charge in [-0.15, -0.1) is 0 Å². The number of ketones is 1. The van der Waals surface area contributed by atoms with E-state index in [-0.39, 0.29) is 41.8 Å². The van der Waals surface area contributed by atoms with Crippen LogP contribution in [0.15, 0.2) is 54.1 Å². The smallest absolute Gasteiger partial charge is 0.416 e. The quantitative estimate of drug-likeness (QED) is 0.450. The van der Waals surface area contributed by atoms with Crippen molar-refractivity contribution < 1.29 is 37.0 Å². The van der Waals surface area contributed by atoms with E-state index in [1.165, 1.54) is 24.3 Å². The van der Waals surface area contributed by atoms with Crippen molar-refractivity contribution in [1.82, 2.24) is 0 Å². The molecule has 5 nitrogen and oxygen atoms in total. The zero-order chi connectivity index (χ0) is 22.6. The second-order valence-corrected chi connectivity index (χ2v) is 6.86. The van der Waals surface area contributed by atoms with Crippen molar-refractivity contribution in [1.29, 1.82) is 0 Å². The summed E-state index contributed by atoms with van der Waals surface area (Å²) in [4.78, 5) is 25.1. The van der Waals surface area contributed by atoms with Crippen LogP contribution in [0.5, 0.6) is 11.5 Å². The van der Waals surface area contributed by atoms with Crippen LogP contribution in [0.25, 0.3) is 5.76 Å². The van der Waals surface area contributed by atoms with Gasteiger partial charge in [0.05, 0.1) is 24.7 Å². The molecule has 0 aliphatic carbocycles. The molecule has 1 heterocycles. The van der Waals surface area contributed by atoms with Gasteiger partial charge in [0.1, 0.15) is 22.8 Å². The van der Waals surface area contributed by atoms with E-state index >= 15 is 0 Å². The number of carbonyl (C=O) groups is 2. The second kappa shape index (κ2) is 9.24. The number of hydrogen-bond acceptors (Lipinski definition) is 5. The van der Waals surface area contributed by atoms with E-state index in [1.54, 1.807) is 19.1 Å². The van der Waals surface area contributed by atoms with E-state index in [1.807, 2.05) is 6.92 Å². The Hall–Kier alpha value is -3.29. The zero-order valence-corrected chi connectivity index (χ0v) is 17.0. The molecule has 0 N–H and O–H groups in total. The second-order valence-electron chi connectivity index (χ2n) is 6.86. The van der Waals surface area contributed by atoms with Crippen molar-refractivity contribution in [3.63, 3.8) is 0 Å². The molecule has 0 amide bonds. The maximum absolute atomic E-state index is 12.9. The van der Waals surface area contributed by atoms with Crippen LogP contribution >= 0.6 is 0 Å². The van der Waals surface area contributed by atoms with E-state index in [2.05, 4.69) is 0 Å². The van der Waals surface area contributed by atoms with Gasteiger partial charge in [-0.2, -0.15) is 13.2 Å². The molecule has 0 spiro atoms. The topological polar surface area (TPSA) is 61.8 Å². The summed E-state index contributed by atoms with van der Waals surface area (Å²) < 4.78 is 54.9. The van der Waals surface area contributed by atoms with Crippen molar-refractivity contribution in [3.05, 3.63) is 65.2 Å². The molecule has 1 unspecified atom stereocenters. The van der Waals surface area contributed by atoms with Crippen LogP contribution in [0.4, 0.5) is 13.2 Å². The molecule has 0 saturated carbocycles. The first-order chi connectivity index (χ1) is 14.7. The molecular weight excluding hydrogens is 413 g/mol. The van der Waals surface area contributed by atoms with Crippen LogP contribution in [0.3, 0.4) is 0 Å². The summed E-state index contributed by atoms with van der Waals surface area (Å²) in [6.45, 7) is 3.74. The minimum Gasteiger partial charge on any atom is -0.491 e. The number of esters is 1. The Kier molecular flexibility index (Phi) is 6.68. The third-order valence-corrected chi connectivity index (χ3v) is 4.76. The summed E-state index contributed by atoms with van der Waals surface area (Å²) in [7, 11) is 0. The van der Waals surface area contributed by atoms with Gasteiger partial charge in [0.25, 0.3) is 0 Å². The molecule has 8 heteroatoms. The normalized spacial score (nSPS) is 16.7. The van der Waals surface area contributed by atoms with Crippen LogP contribution in [-0.4, -0.2) is 25.0 Å². The first-order valence-corrected chi connectivity index (χ1v) is 9.78. The molecule has 2 aromatic carbocycles. The van der Waals surface area contributed by atoms with E-state index in [0.29, 0.717) is 12.0 Å². The van der Waals surface area contributed by atoms with Crippen molar-refractivity contribution in [2.45, 2.75) is 26.4 Å². The maximum Gasteiger partial charge on any atom is 0.416 e. The van der Waals surface area contributed by atoms with Gasteiger partial charge in [0, 0.05) is 5.56 Å². The number of carbonyl (C=O) groups excluding carboxylic acids is 2. The highest BCUT2D eigenvalue weighted by molar-refractivity contribution is 6.23. The average molecular weight is 434 g/mol. The number of rotatable bonds is 6. The Morgan fingerprint density at radius 2 is 1.81 bits per heavy atom. The standard InChI is InChI=1S/C23H21F3O5/c1-3-14-13-30-21(19(20(14)27)22(28)29-4-2)15-8-10-17(11-9-15)31-18-7-5-6-16(12-18)23(24,25)26/h5-12,14H,3-4,13H2,1-2H3. The van der Waals surface area contributed by atoms with Gasteiger partial charge in [-0.25, -0.2) is 4.79 Å². The lowest BCUT2D eigenvalue weighted by atomic mass is 9.91. The highest BCUT2D eigenvalue weighted by atomic mass is 19.4. The molecule has 0 aromatic heterocycles. The molecule has 0 radical (unpaired) electrons. The molecular formula is C23H21F3O5. The Bertz CT molecular complexity index is 993. The number of benzene rings is 2. The molecule has 31 heavy (non-hydrogen) atoms. The Labute approximate surface area is 177 Å². The minimum absolute atomic E-state index is 0.0314. The SMILES string of the molecule is CCOC(=O)C1=C(c2ccc(Oc3cccc(C(F)(F)F)c3)cc2)OCC(CC)C1=O. The van der Waals surface area contributed by atoms with Gasteiger partial charge in [-0.3, -0.25) is 4.79 Å². The highest BCUT2D eigenvalue weighted by Crippen LogP contribution is 2.34. The van der Waals surface area contributed by atoms with Crippen molar-refractivity contribution in [2.24, 2.45) is 5.92 Å². The van der Waals surface area contributed by atoms with E-state index in [4.69, 9.17) is 14.2 Å². The molecule has 1 aliphatic heterocycles. The lowest BCUT2D eigenvalue weighted by Gasteiger charge is -2.25. The predicted octanol–water partition coefficient (Wildman–Crippen LogP) is 5.40. The molecule has 0 fully saturated rings. The summed E-state index contributed by atoms with van der Waals surface area (Å²) in [5.74, 6) is -1.05. The monoisotopic (exact) mass is 434 g/mol. The fourth-order valence-electron chi connectivity index (χ4n) is 3.12. The summed E-state index contributed by atoms with van der Waals surface area (Å²) >= 11 is 0. The van der Waals surface area contributed by atoms with Crippen molar-refractivity contribution in [3.8, 4) is 11.5 Å². The van der Waals surface area contributed by atoms with Crippen LogP contribution in [-0.2, 0) is 25.2 Å². The molecule has 164 valence electrons. The third-order valence-electron chi connectivity index (χ3n) is 4.76. The lowest BCUT2D eigenvalue weighted by Crippen LogP contribution is -2.31. The fraction of sp³-hybridized carbons (Fsp3) is 0.304. The number of halogens is 3. The van der Waals surface area contributed by atoms with Gasteiger partial charge in [-0.1, -0.05) is 13.0 Å². The van der Waals surface area contributed by atoms with Gasteiger partial charge >= 0.3 is 12.1 Å². The van der Waals surface area contributed by atoms with E-state index in [0.717, 1.165) is 12.1 Å². The first-order valence-electron chi connectivity index (χ1n) is 9.78. The Morgan fingerprint density at radius 3 is 2.42 bits per heavy atom. The first kappa shape index (κ1) is 22.4. The van der Waals surface area contributed by atoms with Crippen LogP contribution in [0.1, 0.15) is 31.4 Å². The van der Waals surface area contributed by atoms with Crippen molar-refractivity contribution >= 4 is 17.5 Å². The van der Waals surface area contributed by atoms with E-state index < -0.39 is 23.6 Å². The minimum atomic E-state index is -4.47. The molecule has 1 aliphatic rings. The predicted molar refractivity (Wildman–Crippen MR) is 106 cm³/mol. The van der Waals surface area contributed by atoms with Gasteiger partial charge < -0.3 is 14.2 Å². The number of alkyl halides is 3. The Morgan fingerprint density at radius 1 is 1.10 bits per heavy atom. The summed E-state index contributed by atoms with van der Waals surface area (Å²) in [6, 6.07) is 10.7. The number of ether oxygens (including phenoxy) is 3. The fourth-order valence-corrected chi connectivity index (χ4v) is 3.12. The molecule has 1 atom stereocenters. The highest BCUT2D eigenvalue weighted by Gasteiger charge is 2.36. The van der Waals surface area contributed by atoms with Gasteiger partial charge in [-0.05, 0) is 55.8 Å². The van der Waals surface area contributed by atoms with Gasteiger partial charge in [0.2, 0.25) is 0 Å². The molecule has 0 saturated heterocycles. The third kappa shape index (κ3) is 5.07. The van der Waals surface area contributed by atoms with Crippen LogP contribution in [0, 0.1) is 5.92 Å². The summed E-state index contributed by atoms with van der Waals surface area (Å²) in [6.07, 6.45) is -3.95. The molecule has 2 aromatic rings. The summed E-state index contributed by atoms with van der Waals surface area (Å²) in [5, 5.41) is 0.